The van der Waals surface area contributed by atoms with E-state index in [-0.39, 0.29) is 0 Å². The lowest BCUT2D eigenvalue weighted by Crippen LogP contribution is -2.10. The van der Waals surface area contributed by atoms with E-state index in [1.807, 2.05) is 23.5 Å². The summed E-state index contributed by atoms with van der Waals surface area (Å²) in [6.45, 7) is 0. The Kier molecular flexibility index (Phi) is 6.42. The predicted octanol–water partition coefficient (Wildman–Crippen LogP) is 14.2. The van der Waals surface area contributed by atoms with Crippen molar-refractivity contribution in [2.24, 2.45) is 0 Å². The summed E-state index contributed by atoms with van der Waals surface area (Å²) in [5.74, 6) is 0. The SMILES string of the molecule is c1ccc(N(c2ccc3sc4ccccc4c3c2)c2ccc3c4ccccc4n(-c4ccccc4-c4ccc5oc6ccccc6c5c4)c3c2)cc1. The van der Waals surface area contributed by atoms with Gasteiger partial charge in [0, 0.05) is 64.3 Å². The Balaban J connectivity index is 1.15. The number of hydrogen-bond acceptors (Lipinski definition) is 3. The third kappa shape index (κ3) is 4.45. The van der Waals surface area contributed by atoms with E-state index in [2.05, 4.69) is 179 Å². The molecular weight excluding hydrogens is 653 g/mol. The van der Waals surface area contributed by atoms with Crippen molar-refractivity contribution in [3.63, 3.8) is 0 Å². The Bertz CT molecular complexity index is 3150. The molecule has 0 aliphatic carbocycles. The Labute approximate surface area is 303 Å². The van der Waals surface area contributed by atoms with Crippen LogP contribution in [-0.4, -0.2) is 4.57 Å². The molecule has 0 atom stereocenters. The van der Waals surface area contributed by atoms with Crippen LogP contribution in [0, 0.1) is 0 Å². The third-order valence-electron chi connectivity index (χ3n) is 10.4. The number of hydrogen-bond donors (Lipinski definition) is 0. The van der Waals surface area contributed by atoms with E-state index < -0.39 is 0 Å². The van der Waals surface area contributed by atoms with Gasteiger partial charge in [0.25, 0.3) is 0 Å². The fraction of sp³-hybridized carbons (Fsp3) is 0. The molecule has 0 bridgehead atoms. The number of rotatable bonds is 5. The smallest absolute Gasteiger partial charge is 0.135 e. The molecule has 0 aliphatic heterocycles. The zero-order chi connectivity index (χ0) is 34.2. The van der Waals surface area contributed by atoms with Crippen molar-refractivity contribution in [3.8, 4) is 16.8 Å². The molecule has 4 heteroatoms. The van der Waals surface area contributed by atoms with Gasteiger partial charge in [-0.25, -0.2) is 0 Å². The van der Waals surface area contributed by atoms with Gasteiger partial charge >= 0.3 is 0 Å². The minimum absolute atomic E-state index is 0.901. The minimum Gasteiger partial charge on any atom is -0.456 e. The summed E-state index contributed by atoms with van der Waals surface area (Å²) in [5.41, 5.74) is 10.9. The van der Waals surface area contributed by atoms with Gasteiger partial charge in [-0.1, -0.05) is 103 Å². The first-order valence-corrected chi connectivity index (χ1v) is 18.4. The number of nitrogens with zero attached hydrogens (tertiary/aromatic N) is 2. The molecule has 8 aromatic carbocycles. The highest BCUT2D eigenvalue weighted by atomic mass is 32.1. The van der Waals surface area contributed by atoms with Crippen molar-refractivity contribution in [2.45, 2.75) is 0 Å². The van der Waals surface area contributed by atoms with Gasteiger partial charge in [-0.15, -0.1) is 11.3 Å². The molecule has 0 fully saturated rings. The maximum Gasteiger partial charge on any atom is 0.135 e. The Morgan fingerprint density at radius 2 is 1.08 bits per heavy atom. The van der Waals surface area contributed by atoms with Crippen LogP contribution in [0.4, 0.5) is 17.1 Å². The van der Waals surface area contributed by atoms with Gasteiger partial charge in [-0.3, -0.25) is 0 Å². The zero-order valence-corrected chi connectivity index (χ0v) is 28.8. The third-order valence-corrected chi connectivity index (χ3v) is 11.5. The molecule has 0 radical (unpaired) electrons. The topological polar surface area (TPSA) is 21.3 Å². The fourth-order valence-corrected chi connectivity index (χ4v) is 9.13. The van der Waals surface area contributed by atoms with E-state index in [0.29, 0.717) is 0 Å². The van der Waals surface area contributed by atoms with Gasteiger partial charge < -0.3 is 13.9 Å². The highest BCUT2D eigenvalue weighted by Gasteiger charge is 2.20. The van der Waals surface area contributed by atoms with Crippen LogP contribution in [0.2, 0.25) is 0 Å². The summed E-state index contributed by atoms with van der Waals surface area (Å²) in [7, 11) is 0. The summed E-state index contributed by atoms with van der Waals surface area (Å²) in [5, 5.41) is 7.29. The quantitative estimate of drug-likeness (QED) is 0.180. The molecule has 3 heterocycles. The van der Waals surface area contributed by atoms with Gasteiger partial charge in [0.1, 0.15) is 11.2 Å². The molecule has 3 nitrogen and oxygen atoms in total. The summed E-state index contributed by atoms with van der Waals surface area (Å²) >= 11 is 1.85. The lowest BCUT2D eigenvalue weighted by Gasteiger charge is -2.26. The van der Waals surface area contributed by atoms with Gasteiger partial charge in [0.2, 0.25) is 0 Å². The first kappa shape index (κ1) is 29.1. The van der Waals surface area contributed by atoms with E-state index >= 15 is 0 Å². The van der Waals surface area contributed by atoms with Gasteiger partial charge in [-0.2, -0.15) is 0 Å². The second kappa shape index (κ2) is 11.5. The zero-order valence-electron chi connectivity index (χ0n) is 28.0. The van der Waals surface area contributed by atoms with Crippen molar-refractivity contribution >= 4 is 92.3 Å². The molecule has 0 aliphatic rings. The maximum atomic E-state index is 6.20. The van der Waals surface area contributed by atoms with Crippen molar-refractivity contribution in [1.82, 2.24) is 4.57 Å². The lowest BCUT2D eigenvalue weighted by atomic mass is 10.0. The maximum absolute atomic E-state index is 6.20. The first-order valence-electron chi connectivity index (χ1n) is 17.6. The van der Waals surface area contributed by atoms with E-state index in [4.69, 9.17) is 4.42 Å². The molecular formula is C48H30N2OS. The van der Waals surface area contributed by atoms with Crippen LogP contribution in [-0.2, 0) is 0 Å². The summed E-state index contributed by atoms with van der Waals surface area (Å²) in [6.07, 6.45) is 0. The van der Waals surface area contributed by atoms with Crippen molar-refractivity contribution in [3.05, 3.63) is 182 Å². The highest BCUT2D eigenvalue weighted by molar-refractivity contribution is 7.25. The number of anilines is 3. The molecule has 11 rings (SSSR count). The lowest BCUT2D eigenvalue weighted by molar-refractivity contribution is 0.669. The van der Waals surface area contributed by atoms with E-state index in [9.17, 15) is 0 Å². The number of furan rings is 1. The number of benzene rings is 8. The molecule has 0 N–H and O–H groups in total. The molecule has 0 saturated carbocycles. The molecule has 3 aromatic heterocycles. The monoisotopic (exact) mass is 682 g/mol. The van der Waals surface area contributed by atoms with Crippen LogP contribution < -0.4 is 4.90 Å². The summed E-state index contributed by atoms with van der Waals surface area (Å²) in [6, 6.07) is 65.6. The largest absolute Gasteiger partial charge is 0.456 e. The van der Waals surface area contributed by atoms with Crippen molar-refractivity contribution in [1.29, 1.82) is 0 Å². The van der Waals surface area contributed by atoms with Crippen LogP contribution in [0.5, 0.6) is 0 Å². The van der Waals surface area contributed by atoms with Gasteiger partial charge in [-0.05, 0) is 84.4 Å². The van der Waals surface area contributed by atoms with E-state index in [0.717, 1.165) is 61.3 Å². The molecule has 0 saturated heterocycles. The number of para-hydroxylation sites is 4. The second-order valence-corrected chi connectivity index (χ2v) is 14.4. The van der Waals surface area contributed by atoms with Crippen LogP contribution in [0.3, 0.4) is 0 Å². The molecule has 244 valence electrons. The average molecular weight is 683 g/mol. The number of fused-ring (bicyclic) bond motifs is 9. The minimum atomic E-state index is 0.901. The van der Waals surface area contributed by atoms with Gasteiger partial charge in [0.15, 0.2) is 0 Å². The van der Waals surface area contributed by atoms with Crippen LogP contribution in [0.1, 0.15) is 0 Å². The van der Waals surface area contributed by atoms with Crippen LogP contribution >= 0.6 is 11.3 Å². The fourth-order valence-electron chi connectivity index (χ4n) is 8.04. The summed E-state index contributed by atoms with van der Waals surface area (Å²) < 4.78 is 11.3. The average Bonchev–Trinajstić information content (AvgIpc) is 3.87. The first-order chi connectivity index (χ1) is 25.8. The van der Waals surface area contributed by atoms with E-state index in [1.165, 1.54) is 36.5 Å². The van der Waals surface area contributed by atoms with Crippen molar-refractivity contribution < 1.29 is 4.42 Å². The molecule has 52 heavy (non-hydrogen) atoms. The molecule has 0 amide bonds. The Morgan fingerprint density at radius 1 is 0.404 bits per heavy atom. The number of thiophene rings is 1. The van der Waals surface area contributed by atoms with E-state index in [1.54, 1.807) is 0 Å². The Morgan fingerprint density at radius 3 is 2.00 bits per heavy atom. The standard InChI is InChI=1S/C48H30N2OS/c1-2-12-32(13-3-1)49(33-24-27-48-41(29-33)39-17-7-11-21-47(39)52-48)34-23-25-37-36-15-5-9-19-43(36)50(44(37)30-34)42-18-8-4-14-35(42)31-22-26-46-40(28-31)38-16-6-10-20-45(38)51-46/h1-30H. The molecule has 11 aromatic rings. The highest BCUT2D eigenvalue weighted by Crippen LogP contribution is 2.44. The second-order valence-electron chi connectivity index (χ2n) is 13.3. The molecule has 0 unspecified atom stereocenters. The van der Waals surface area contributed by atoms with Crippen molar-refractivity contribution in [2.75, 3.05) is 4.90 Å². The van der Waals surface area contributed by atoms with Gasteiger partial charge in [0.05, 0.1) is 16.7 Å². The summed E-state index contributed by atoms with van der Waals surface area (Å²) in [4.78, 5) is 2.39. The predicted molar refractivity (Wildman–Crippen MR) is 221 cm³/mol. The van der Waals surface area contributed by atoms with Crippen LogP contribution in [0.15, 0.2) is 186 Å². The normalized spacial score (nSPS) is 11.8. The Hall–Kier alpha value is -6.62. The van der Waals surface area contributed by atoms with Crippen LogP contribution in [0.25, 0.3) is 80.7 Å². The molecule has 0 spiro atoms. The number of aromatic nitrogens is 1.